The number of aryl methyl sites for hydroxylation is 1. The SMILES string of the molecule is Cc1ccc(-c2ccc(=O)n(Cc3ccc(OC(F)(F)F)cc3)n2)s1. The van der Waals surface area contributed by atoms with Crippen molar-refractivity contribution in [2.24, 2.45) is 0 Å². The first kappa shape index (κ1) is 17.2. The van der Waals surface area contributed by atoms with Crippen LogP contribution in [0.1, 0.15) is 10.4 Å². The Morgan fingerprint density at radius 3 is 2.40 bits per heavy atom. The maximum absolute atomic E-state index is 12.2. The summed E-state index contributed by atoms with van der Waals surface area (Å²) in [4.78, 5) is 14.1. The van der Waals surface area contributed by atoms with Gasteiger partial charge in [0.05, 0.1) is 11.4 Å². The van der Waals surface area contributed by atoms with E-state index in [1.165, 1.54) is 35.0 Å². The van der Waals surface area contributed by atoms with Gasteiger partial charge in [0.15, 0.2) is 0 Å². The lowest BCUT2D eigenvalue weighted by Gasteiger charge is -2.10. The minimum absolute atomic E-state index is 0.156. The fourth-order valence-corrected chi connectivity index (χ4v) is 3.07. The first-order valence-corrected chi connectivity index (χ1v) is 8.11. The third kappa shape index (κ3) is 4.48. The Bertz CT molecular complexity index is 930. The molecule has 0 fully saturated rings. The molecule has 2 aromatic heterocycles. The van der Waals surface area contributed by atoms with E-state index in [0.717, 1.165) is 9.75 Å². The normalized spacial score (nSPS) is 11.5. The van der Waals surface area contributed by atoms with E-state index >= 15 is 0 Å². The molecule has 0 spiro atoms. The highest BCUT2D eigenvalue weighted by molar-refractivity contribution is 7.15. The minimum Gasteiger partial charge on any atom is -0.406 e. The van der Waals surface area contributed by atoms with E-state index in [0.29, 0.717) is 11.3 Å². The summed E-state index contributed by atoms with van der Waals surface area (Å²) in [7, 11) is 0. The molecule has 0 amide bonds. The maximum Gasteiger partial charge on any atom is 0.573 e. The van der Waals surface area contributed by atoms with E-state index in [1.54, 1.807) is 17.4 Å². The van der Waals surface area contributed by atoms with E-state index in [1.807, 2.05) is 19.1 Å². The molecule has 0 atom stereocenters. The zero-order valence-corrected chi connectivity index (χ0v) is 13.9. The fraction of sp³-hybridized carbons (Fsp3) is 0.176. The average Bonchev–Trinajstić information content (AvgIpc) is 2.96. The van der Waals surface area contributed by atoms with Gasteiger partial charge >= 0.3 is 6.36 Å². The highest BCUT2D eigenvalue weighted by Crippen LogP contribution is 2.25. The second-order valence-electron chi connectivity index (χ2n) is 5.32. The second-order valence-corrected chi connectivity index (χ2v) is 6.60. The van der Waals surface area contributed by atoms with E-state index < -0.39 is 6.36 Å². The summed E-state index contributed by atoms with van der Waals surface area (Å²) in [5.41, 5.74) is 1.03. The maximum atomic E-state index is 12.2. The van der Waals surface area contributed by atoms with Gasteiger partial charge in [0, 0.05) is 10.9 Å². The zero-order valence-electron chi connectivity index (χ0n) is 13.1. The molecule has 0 aliphatic rings. The number of nitrogens with zero attached hydrogens (tertiary/aromatic N) is 2. The van der Waals surface area contributed by atoms with Crippen LogP contribution in [0.5, 0.6) is 5.75 Å². The Morgan fingerprint density at radius 2 is 1.80 bits per heavy atom. The Morgan fingerprint density at radius 1 is 1.08 bits per heavy atom. The number of aromatic nitrogens is 2. The van der Waals surface area contributed by atoms with Gasteiger partial charge in [-0.05, 0) is 42.8 Å². The lowest BCUT2D eigenvalue weighted by molar-refractivity contribution is -0.274. The zero-order chi connectivity index (χ0) is 18.0. The summed E-state index contributed by atoms with van der Waals surface area (Å²) >= 11 is 1.57. The standard InChI is InChI=1S/C17H13F3N2O2S/c1-11-2-8-15(25-11)14-7-9-16(23)22(21-14)10-12-3-5-13(6-4-12)24-17(18,19)20/h2-9H,10H2,1H3. The van der Waals surface area contributed by atoms with Crippen molar-refractivity contribution < 1.29 is 17.9 Å². The summed E-state index contributed by atoms with van der Waals surface area (Å²) in [6.45, 7) is 2.14. The van der Waals surface area contributed by atoms with Crippen molar-refractivity contribution in [2.75, 3.05) is 0 Å². The van der Waals surface area contributed by atoms with Crippen LogP contribution in [-0.4, -0.2) is 16.1 Å². The second kappa shape index (κ2) is 6.72. The highest BCUT2D eigenvalue weighted by atomic mass is 32.1. The number of rotatable bonds is 4. The predicted molar refractivity (Wildman–Crippen MR) is 88.8 cm³/mol. The fourth-order valence-electron chi connectivity index (χ4n) is 2.24. The molecule has 0 saturated heterocycles. The molecule has 0 N–H and O–H groups in total. The number of ether oxygens (including phenoxy) is 1. The molecule has 3 aromatic rings. The summed E-state index contributed by atoms with van der Waals surface area (Å²) in [5, 5.41) is 4.34. The smallest absolute Gasteiger partial charge is 0.406 e. The Labute approximate surface area is 145 Å². The molecular formula is C17H13F3N2O2S. The molecule has 0 radical (unpaired) electrons. The summed E-state index contributed by atoms with van der Waals surface area (Å²) in [5.74, 6) is -0.306. The van der Waals surface area contributed by atoms with Crippen LogP contribution < -0.4 is 10.3 Å². The minimum atomic E-state index is -4.73. The first-order chi connectivity index (χ1) is 11.8. The van der Waals surface area contributed by atoms with Crippen molar-refractivity contribution in [1.29, 1.82) is 0 Å². The van der Waals surface area contributed by atoms with Crippen molar-refractivity contribution in [3.8, 4) is 16.3 Å². The van der Waals surface area contributed by atoms with Gasteiger partial charge in [0.2, 0.25) is 0 Å². The molecule has 130 valence electrons. The monoisotopic (exact) mass is 366 g/mol. The van der Waals surface area contributed by atoms with Gasteiger partial charge in [0.25, 0.3) is 5.56 Å². The van der Waals surface area contributed by atoms with Gasteiger partial charge in [0.1, 0.15) is 11.4 Å². The van der Waals surface area contributed by atoms with Gasteiger partial charge in [-0.3, -0.25) is 4.79 Å². The molecule has 1 aromatic carbocycles. The third-order valence-corrected chi connectivity index (χ3v) is 4.37. The number of hydrogen-bond acceptors (Lipinski definition) is 4. The van der Waals surface area contributed by atoms with Crippen LogP contribution in [0.15, 0.2) is 53.3 Å². The van der Waals surface area contributed by atoms with Crippen molar-refractivity contribution in [1.82, 2.24) is 9.78 Å². The van der Waals surface area contributed by atoms with Gasteiger partial charge < -0.3 is 4.74 Å². The highest BCUT2D eigenvalue weighted by Gasteiger charge is 2.30. The van der Waals surface area contributed by atoms with Gasteiger partial charge in [-0.2, -0.15) is 5.10 Å². The summed E-state index contributed by atoms with van der Waals surface area (Å²) in [6, 6.07) is 12.3. The largest absolute Gasteiger partial charge is 0.573 e. The van der Waals surface area contributed by atoms with E-state index in [-0.39, 0.29) is 17.9 Å². The number of halogens is 3. The predicted octanol–water partition coefficient (Wildman–Crippen LogP) is 4.23. The molecule has 0 aliphatic heterocycles. The molecule has 0 aliphatic carbocycles. The molecule has 3 rings (SSSR count). The lowest BCUT2D eigenvalue weighted by Crippen LogP contribution is -2.22. The quantitative estimate of drug-likeness (QED) is 0.694. The van der Waals surface area contributed by atoms with Crippen molar-refractivity contribution in [2.45, 2.75) is 19.8 Å². The Kier molecular flexibility index (Phi) is 4.63. The summed E-state index contributed by atoms with van der Waals surface area (Å²) in [6.07, 6.45) is -4.73. The molecule has 0 saturated carbocycles. The first-order valence-electron chi connectivity index (χ1n) is 7.30. The van der Waals surface area contributed by atoms with Crippen LogP contribution in [0.3, 0.4) is 0 Å². The molecular weight excluding hydrogens is 353 g/mol. The van der Waals surface area contributed by atoms with Crippen LogP contribution in [0.2, 0.25) is 0 Å². The topological polar surface area (TPSA) is 44.1 Å². The van der Waals surface area contributed by atoms with Gasteiger partial charge in [-0.15, -0.1) is 24.5 Å². The van der Waals surface area contributed by atoms with Crippen LogP contribution in [0.25, 0.3) is 10.6 Å². The van der Waals surface area contributed by atoms with E-state index in [2.05, 4.69) is 9.84 Å². The van der Waals surface area contributed by atoms with Crippen molar-refractivity contribution >= 4 is 11.3 Å². The Balaban J connectivity index is 1.82. The Hall–Kier alpha value is -2.61. The lowest BCUT2D eigenvalue weighted by atomic mass is 10.2. The summed E-state index contributed by atoms with van der Waals surface area (Å²) < 4.78 is 41.6. The number of thiophene rings is 1. The van der Waals surface area contributed by atoms with Gasteiger partial charge in [-0.25, -0.2) is 4.68 Å². The molecule has 8 heteroatoms. The molecule has 25 heavy (non-hydrogen) atoms. The van der Waals surface area contributed by atoms with E-state index in [9.17, 15) is 18.0 Å². The third-order valence-electron chi connectivity index (χ3n) is 3.35. The van der Waals surface area contributed by atoms with Crippen LogP contribution in [0.4, 0.5) is 13.2 Å². The van der Waals surface area contributed by atoms with Crippen molar-refractivity contribution in [3.63, 3.8) is 0 Å². The number of hydrogen-bond donors (Lipinski definition) is 0. The van der Waals surface area contributed by atoms with Crippen LogP contribution in [0, 0.1) is 6.92 Å². The molecule has 0 bridgehead atoms. The van der Waals surface area contributed by atoms with Gasteiger partial charge in [-0.1, -0.05) is 12.1 Å². The van der Waals surface area contributed by atoms with E-state index in [4.69, 9.17) is 0 Å². The van der Waals surface area contributed by atoms with Crippen molar-refractivity contribution in [3.05, 3.63) is 69.3 Å². The average molecular weight is 366 g/mol. The number of alkyl halides is 3. The molecule has 2 heterocycles. The van der Waals surface area contributed by atoms with Crippen LogP contribution in [-0.2, 0) is 6.54 Å². The molecule has 4 nitrogen and oxygen atoms in total. The van der Waals surface area contributed by atoms with Crippen LogP contribution >= 0.6 is 11.3 Å². The molecule has 0 unspecified atom stereocenters. The number of benzene rings is 1.